The average molecular weight is 850 g/mol. The minimum Gasteiger partial charge on any atom is -0.337 e. The molecule has 6 aromatic carbocycles. The smallest absolute Gasteiger partial charge is 0.0947 e. The molecule has 3 heteroatoms. The molecule has 0 N–H and O–H groups in total. The largest absolute Gasteiger partial charge is 0.337 e. The van der Waals surface area contributed by atoms with Gasteiger partial charge in [0.2, 0.25) is 0 Å². The number of anilines is 4. The maximum Gasteiger partial charge on any atom is 0.0947 e. The Balaban J connectivity index is 0.895. The SMILES string of the molecule is CC1CC=CC2=C1c1ccc(N(c3ccc(C4=CC=C(C#N)CC4)cc3)C3C=CC(C4C=CC5c6ccccc6N(c6ccccc6)C5C4)=CC3)cc1C21c2ccccc2-c2ccccc21. The van der Waals surface area contributed by atoms with E-state index in [1.807, 2.05) is 6.08 Å². The number of nitrogens with zero attached hydrogens (tertiary/aromatic N) is 3. The Morgan fingerprint density at radius 2 is 1.41 bits per heavy atom. The van der Waals surface area contributed by atoms with Crippen LogP contribution in [0.1, 0.15) is 78.3 Å². The second kappa shape index (κ2) is 15.4. The summed E-state index contributed by atoms with van der Waals surface area (Å²) < 4.78 is 0. The fourth-order valence-corrected chi connectivity index (χ4v) is 13.0. The maximum absolute atomic E-state index is 9.51. The average Bonchev–Trinajstić information content (AvgIpc) is 3.99. The first-order chi connectivity index (χ1) is 32.6. The van der Waals surface area contributed by atoms with E-state index in [0.29, 0.717) is 23.8 Å². The topological polar surface area (TPSA) is 30.3 Å². The molecule has 318 valence electrons. The summed E-state index contributed by atoms with van der Waals surface area (Å²) in [6.45, 7) is 2.41. The van der Waals surface area contributed by atoms with Crippen LogP contribution in [0.2, 0.25) is 0 Å². The highest BCUT2D eigenvalue weighted by molar-refractivity contribution is 5.97. The van der Waals surface area contributed by atoms with E-state index in [1.54, 1.807) is 0 Å². The standard InChI is InChI=1S/C63H51N3/c1-41-12-11-20-58-62(41)55-37-35-50(39-59(55)63(58)56-18-8-5-15-51(56)52-16-6-9-19-57(52)63)65(48-31-26-44(27-32-48)43-24-22-42(40-64)23-25-43)49-33-28-45(29-34-49)46-30-36-54-53-17-7-10-21-60(53)66(61(54)38-46)47-13-3-2-4-14-47/h2-11,13-22,24,26-33,35-37,39,41,46,49,54,61H,12,23,25,34,38H2,1H3. The summed E-state index contributed by atoms with van der Waals surface area (Å²) in [5.41, 5.74) is 22.0. The summed E-state index contributed by atoms with van der Waals surface area (Å²) >= 11 is 0. The number of fused-ring (bicyclic) bond motifs is 12. The predicted octanol–water partition coefficient (Wildman–Crippen LogP) is 15.3. The highest BCUT2D eigenvalue weighted by atomic mass is 15.2. The molecule has 5 atom stereocenters. The lowest BCUT2D eigenvalue weighted by Gasteiger charge is -2.37. The summed E-state index contributed by atoms with van der Waals surface area (Å²) in [4.78, 5) is 5.20. The maximum atomic E-state index is 9.51. The highest BCUT2D eigenvalue weighted by Crippen LogP contribution is 2.64. The Morgan fingerprint density at radius 3 is 2.15 bits per heavy atom. The Morgan fingerprint density at radius 1 is 0.667 bits per heavy atom. The molecule has 7 aliphatic rings. The molecule has 66 heavy (non-hydrogen) atoms. The number of rotatable bonds is 6. The van der Waals surface area contributed by atoms with Gasteiger partial charge in [-0.15, -0.1) is 0 Å². The van der Waals surface area contributed by atoms with Gasteiger partial charge in [-0.05, 0) is 153 Å². The van der Waals surface area contributed by atoms with E-state index in [2.05, 4.69) is 217 Å². The molecule has 3 nitrogen and oxygen atoms in total. The van der Waals surface area contributed by atoms with Gasteiger partial charge >= 0.3 is 0 Å². The molecule has 5 unspecified atom stereocenters. The van der Waals surface area contributed by atoms with Gasteiger partial charge in [-0.2, -0.15) is 5.26 Å². The van der Waals surface area contributed by atoms with Crippen molar-refractivity contribution >= 4 is 33.9 Å². The number of hydrogen-bond donors (Lipinski definition) is 0. The van der Waals surface area contributed by atoms with Crippen LogP contribution in [-0.4, -0.2) is 12.1 Å². The molecule has 0 amide bonds. The summed E-state index contributed by atoms with van der Waals surface area (Å²) in [6.07, 6.45) is 26.2. The molecule has 0 radical (unpaired) electrons. The van der Waals surface area contributed by atoms with Gasteiger partial charge in [0.15, 0.2) is 0 Å². The first-order valence-electron chi connectivity index (χ1n) is 24.0. The summed E-state index contributed by atoms with van der Waals surface area (Å²) in [5, 5.41) is 9.51. The number of para-hydroxylation sites is 2. The predicted molar refractivity (Wildman–Crippen MR) is 272 cm³/mol. The first kappa shape index (κ1) is 39.0. The van der Waals surface area contributed by atoms with Crippen molar-refractivity contribution in [2.75, 3.05) is 9.80 Å². The van der Waals surface area contributed by atoms with Gasteiger partial charge in [0.05, 0.1) is 17.5 Å². The molecule has 6 aromatic rings. The van der Waals surface area contributed by atoms with Crippen molar-refractivity contribution in [1.29, 1.82) is 5.26 Å². The van der Waals surface area contributed by atoms with Crippen molar-refractivity contribution in [2.24, 2.45) is 11.8 Å². The molecule has 0 aromatic heterocycles. The minimum absolute atomic E-state index is 0.117. The lowest BCUT2D eigenvalue weighted by Crippen LogP contribution is -2.35. The van der Waals surface area contributed by atoms with Gasteiger partial charge in [0.25, 0.3) is 0 Å². The van der Waals surface area contributed by atoms with Gasteiger partial charge < -0.3 is 9.80 Å². The van der Waals surface area contributed by atoms with Crippen LogP contribution in [0.4, 0.5) is 22.7 Å². The van der Waals surface area contributed by atoms with E-state index in [-0.39, 0.29) is 11.5 Å². The summed E-state index contributed by atoms with van der Waals surface area (Å²) in [6, 6.07) is 57.8. The molecular formula is C63H51N3. The third-order valence-electron chi connectivity index (χ3n) is 15.9. The van der Waals surface area contributed by atoms with Crippen LogP contribution < -0.4 is 9.80 Å². The van der Waals surface area contributed by atoms with E-state index in [1.165, 1.54) is 89.5 Å². The summed E-state index contributed by atoms with van der Waals surface area (Å²) in [7, 11) is 0. The van der Waals surface area contributed by atoms with Gasteiger partial charge in [-0.25, -0.2) is 0 Å². The van der Waals surface area contributed by atoms with E-state index < -0.39 is 0 Å². The molecule has 1 spiro atoms. The van der Waals surface area contributed by atoms with Crippen LogP contribution >= 0.6 is 0 Å². The second-order valence-corrected chi connectivity index (χ2v) is 19.3. The number of allylic oxidation sites excluding steroid dienone is 11. The molecule has 13 rings (SSSR count). The van der Waals surface area contributed by atoms with Crippen molar-refractivity contribution < 1.29 is 0 Å². The molecule has 0 saturated carbocycles. The number of benzene rings is 6. The molecule has 1 heterocycles. The second-order valence-electron chi connectivity index (χ2n) is 19.3. The quantitative estimate of drug-likeness (QED) is 0.156. The van der Waals surface area contributed by atoms with Crippen molar-refractivity contribution in [1.82, 2.24) is 0 Å². The normalized spacial score (nSPS) is 23.5. The monoisotopic (exact) mass is 849 g/mol. The van der Waals surface area contributed by atoms with Crippen molar-refractivity contribution in [3.05, 3.63) is 250 Å². The van der Waals surface area contributed by atoms with Crippen molar-refractivity contribution in [2.45, 2.75) is 62.4 Å². The number of nitriles is 1. The Bertz CT molecular complexity index is 3190. The van der Waals surface area contributed by atoms with Gasteiger partial charge in [-0.3, -0.25) is 0 Å². The lowest BCUT2D eigenvalue weighted by molar-refractivity contribution is 0.500. The zero-order valence-electron chi connectivity index (χ0n) is 37.3. The first-order valence-corrected chi connectivity index (χ1v) is 24.0. The van der Waals surface area contributed by atoms with Gasteiger partial charge in [0.1, 0.15) is 0 Å². The molecule has 0 fully saturated rings. The molecule has 0 bridgehead atoms. The van der Waals surface area contributed by atoms with Gasteiger partial charge in [-0.1, -0.05) is 159 Å². The third-order valence-corrected chi connectivity index (χ3v) is 15.9. The molecule has 0 saturated heterocycles. The molecular weight excluding hydrogens is 799 g/mol. The van der Waals surface area contributed by atoms with Crippen molar-refractivity contribution in [3.63, 3.8) is 0 Å². The third kappa shape index (κ3) is 5.80. The fourth-order valence-electron chi connectivity index (χ4n) is 13.0. The highest BCUT2D eigenvalue weighted by Gasteiger charge is 2.53. The van der Waals surface area contributed by atoms with Gasteiger partial charge in [0, 0.05) is 46.2 Å². The van der Waals surface area contributed by atoms with Crippen LogP contribution in [-0.2, 0) is 5.41 Å². The Labute approximate surface area is 389 Å². The zero-order chi connectivity index (χ0) is 43.9. The van der Waals surface area contributed by atoms with E-state index in [9.17, 15) is 5.26 Å². The number of hydrogen-bond acceptors (Lipinski definition) is 3. The van der Waals surface area contributed by atoms with Crippen LogP contribution in [0.3, 0.4) is 0 Å². The Hall–Kier alpha value is -7.41. The lowest BCUT2D eigenvalue weighted by atomic mass is 9.68. The van der Waals surface area contributed by atoms with Crippen LogP contribution in [0.15, 0.2) is 217 Å². The minimum atomic E-state index is -0.383. The molecule has 6 aliphatic carbocycles. The Kier molecular flexibility index (Phi) is 9.07. The van der Waals surface area contributed by atoms with Crippen LogP contribution in [0, 0.1) is 23.2 Å². The van der Waals surface area contributed by atoms with Crippen LogP contribution in [0.5, 0.6) is 0 Å². The van der Waals surface area contributed by atoms with E-state index in [0.717, 1.165) is 37.7 Å². The van der Waals surface area contributed by atoms with Crippen molar-refractivity contribution in [3.8, 4) is 17.2 Å². The van der Waals surface area contributed by atoms with Crippen LogP contribution in [0.25, 0.3) is 22.3 Å². The van der Waals surface area contributed by atoms with E-state index >= 15 is 0 Å². The van der Waals surface area contributed by atoms with E-state index in [4.69, 9.17) is 0 Å². The summed E-state index contributed by atoms with van der Waals surface area (Å²) in [5.74, 6) is 1.15. The molecule has 1 aliphatic heterocycles. The zero-order valence-corrected chi connectivity index (χ0v) is 37.3. The fraction of sp³-hybridized carbons (Fsp3) is 0.190.